The summed E-state index contributed by atoms with van der Waals surface area (Å²) in [7, 11) is 2.11. The Kier molecular flexibility index (Phi) is 9.16. The molecule has 7 N–H and O–H groups in total. The van der Waals surface area contributed by atoms with Gasteiger partial charge in [-0.1, -0.05) is 11.8 Å². The lowest BCUT2D eigenvalue weighted by molar-refractivity contribution is -0.127. The lowest BCUT2D eigenvalue weighted by atomic mass is 10.2. The summed E-state index contributed by atoms with van der Waals surface area (Å²) in [5.74, 6) is 4.41. The zero-order chi connectivity index (χ0) is 24.7. The maximum absolute atomic E-state index is 12.7. The van der Waals surface area contributed by atoms with Crippen molar-refractivity contribution in [3.05, 3.63) is 35.0 Å². The fourth-order valence-electron chi connectivity index (χ4n) is 3.77. The summed E-state index contributed by atoms with van der Waals surface area (Å²) in [5, 5.41) is 6.16. The van der Waals surface area contributed by atoms with Crippen molar-refractivity contribution in [3.63, 3.8) is 0 Å². The predicted molar refractivity (Wildman–Crippen MR) is 134 cm³/mol. The highest BCUT2D eigenvalue weighted by Crippen LogP contribution is 2.36. The molecule has 0 bridgehead atoms. The van der Waals surface area contributed by atoms with Gasteiger partial charge in [0.1, 0.15) is 16.0 Å². The number of carbonyl (C=O) groups excluding carboxylic acids is 3. The summed E-state index contributed by atoms with van der Waals surface area (Å²) < 4.78 is 0. The number of hydrazine groups is 1. The monoisotopic (exact) mass is 490 g/mol. The van der Waals surface area contributed by atoms with Crippen LogP contribution in [0.4, 0.5) is 11.4 Å². The van der Waals surface area contributed by atoms with Gasteiger partial charge in [-0.15, -0.1) is 0 Å². The number of hydrogen-bond donors (Lipinski definition) is 5. The van der Waals surface area contributed by atoms with Crippen LogP contribution in [0.1, 0.15) is 13.3 Å². The van der Waals surface area contributed by atoms with E-state index in [1.54, 1.807) is 0 Å². The van der Waals surface area contributed by atoms with E-state index in [2.05, 4.69) is 27.5 Å². The number of thioether (sulfide) groups is 1. The molecule has 0 saturated carbocycles. The first kappa shape index (κ1) is 25.8. The van der Waals surface area contributed by atoms with E-state index in [-0.39, 0.29) is 17.5 Å². The average Bonchev–Trinajstić information content (AvgIpc) is 3.17. The van der Waals surface area contributed by atoms with Gasteiger partial charge in [0, 0.05) is 63.6 Å². The Bertz CT molecular complexity index is 915. The first-order valence-electron chi connectivity index (χ1n) is 11.4. The normalized spacial score (nSPS) is 20.9. The number of hydrogen-bond acceptors (Lipinski definition) is 9. The van der Waals surface area contributed by atoms with Crippen molar-refractivity contribution in [2.75, 3.05) is 63.5 Å². The molecule has 2 aliphatic heterocycles. The molecule has 2 aliphatic rings. The topological polar surface area (TPSA) is 149 Å². The Hall–Kier alpha value is -2.80. The smallest absolute Gasteiger partial charge is 0.283 e. The second kappa shape index (κ2) is 12.1. The van der Waals surface area contributed by atoms with E-state index in [0.29, 0.717) is 24.5 Å². The molecule has 0 unspecified atom stereocenters. The van der Waals surface area contributed by atoms with E-state index >= 15 is 0 Å². The quantitative estimate of drug-likeness (QED) is 0.137. The summed E-state index contributed by atoms with van der Waals surface area (Å²) >= 11 is 1.24. The van der Waals surface area contributed by atoms with Gasteiger partial charge in [-0.2, -0.15) is 0 Å². The minimum Gasteiger partial charge on any atom is -0.392 e. The van der Waals surface area contributed by atoms with Crippen LogP contribution in [-0.2, 0) is 14.4 Å². The second-order valence-electron chi connectivity index (χ2n) is 8.28. The van der Waals surface area contributed by atoms with Gasteiger partial charge in [0.15, 0.2) is 0 Å². The number of rotatable bonds is 9. The summed E-state index contributed by atoms with van der Waals surface area (Å²) in [6, 6.07) is 7.36. The van der Waals surface area contributed by atoms with E-state index in [0.717, 1.165) is 44.1 Å². The summed E-state index contributed by atoms with van der Waals surface area (Å²) in [6.07, 6.45) is 0.458. The highest BCUT2D eigenvalue weighted by Gasteiger charge is 2.38. The molecule has 3 rings (SSSR count). The van der Waals surface area contributed by atoms with Crippen LogP contribution in [-0.4, -0.2) is 90.5 Å². The van der Waals surface area contributed by atoms with Crippen LogP contribution in [0, 0.1) is 0 Å². The van der Waals surface area contributed by atoms with Gasteiger partial charge in [-0.25, -0.2) is 5.84 Å². The first-order valence-corrected chi connectivity index (χ1v) is 12.2. The van der Waals surface area contributed by atoms with Crippen molar-refractivity contribution >= 4 is 40.9 Å². The Labute approximate surface area is 204 Å². The molecule has 0 radical (unpaired) electrons. The number of nitrogens with one attached hydrogen (secondary N) is 3. The number of amides is 3. The second-order valence-corrected chi connectivity index (χ2v) is 9.47. The SMILES string of the molecule is CCN1C(=O)[C@@H](CNc2ccc(NC(=O)CCN3CCN(C)CC3)cc2)S/C1=C(/N)C(=O)NN. The van der Waals surface area contributed by atoms with Crippen molar-refractivity contribution in [2.24, 2.45) is 11.6 Å². The number of carbonyl (C=O) groups is 3. The van der Waals surface area contributed by atoms with E-state index < -0.39 is 11.2 Å². The van der Waals surface area contributed by atoms with Crippen LogP contribution in [0.5, 0.6) is 0 Å². The van der Waals surface area contributed by atoms with Crippen molar-refractivity contribution in [2.45, 2.75) is 18.6 Å². The maximum Gasteiger partial charge on any atom is 0.283 e. The molecule has 1 aromatic carbocycles. The van der Waals surface area contributed by atoms with Gasteiger partial charge in [-0.05, 0) is 38.2 Å². The van der Waals surface area contributed by atoms with E-state index in [4.69, 9.17) is 11.6 Å². The number of likely N-dealkylation sites (N-methyl/N-ethyl adjacent to an activating group) is 1. The maximum atomic E-state index is 12.7. The fraction of sp³-hybridized carbons (Fsp3) is 0.500. The van der Waals surface area contributed by atoms with E-state index in [1.165, 1.54) is 16.7 Å². The minimum absolute atomic E-state index is 0.00864. The zero-order valence-corrected chi connectivity index (χ0v) is 20.5. The van der Waals surface area contributed by atoms with Crippen molar-refractivity contribution in [3.8, 4) is 0 Å². The lowest BCUT2D eigenvalue weighted by Gasteiger charge is -2.32. The number of nitrogens with two attached hydrogens (primary N) is 2. The molecular formula is C22H34N8O3S. The number of piperazine rings is 1. The third-order valence-electron chi connectivity index (χ3n) is 5.87. The molecule has 11 nitrogen and oxygen atoms in total. The standard InChI is InChI=1S/C22H34N8O3S/c1-3-30-21(33)17(34-22(30)19(23)20(32)27-24)14-25-15-4-6-16(7-5-15)26-18(31)8-9-29-12-10-28(2)11-13-29/h4-7,17,25H,3,8-14,23-24H2,1-2H3,(H,26,31)(H,27,32)/b22-19+/t17-/m1/s1. The number of anilines is 2. The molecule has 2 fully saturated rings. The third-order valence-corrected chi connectivity index (χ3v) is 7.19. The summed E-state index contributed by atoms with van der Waals surface area (Å²) in [5.41, 5.74) is 9.34. The largest absolute Gasteiger partial charge is 0.392 e. The molecule has 12 heteroatoms. The predicted octanol–water partition coefficient (Wildman–Crippen LogP) is -0.244. The van der Waals surface area contributed by atoms with Crippen LogP contribution in [0.3, 0.4) is 0 Å². The molecule has 186 valence electrons. The molecule has 0 spiro atoms. The van der Waals surface area contributed by atoms with Crippen LogP contribution in [0.25, 0.3) is 0 Å². The Morgan fingerprint density at radius 2 is 1.76 bits per heavy atom. The van der Waals surface area contributed by atoms with Gasteiger partial charge < -0.3 is 31.1 Å². The third kappa shape index (κ3) is 6.63. The van der Waals surface area contributed by atoms with Gasteiger partial charge in [0.25, 0.3) is 5.91 Å². The zero-order valence-electron chi connectivity index (χ0n) is 19.7. The number of benzene rings is 1. The molecule has 1 atom stereocenters. The Balaban J connectivity index is 1.47. The van der Waals surface area contributed by atoms with Crippen LogP contribution < -0.4 is 27.6 Å². The summed E-state index contributed by atoms with van der Waals surface area (Å²) in [6.45, 7) is 7.39. The van der Waals surface area contributed by atoms with Gasteiger partial charge in [0.05, 0.1) is 0 Å². The highest BCUT2D eigenvalue weighted by atomic mass is 32.2. The molecule has 2 heterocycles. The average molecular weight is 491 g/mol. The van der Waals surface area contributed by atoms with Crippen molar-refractivity contribution in [1.29, 1.82) is 0 Å². The molecule has 3 amide bonds. The van der Waals surface area contributed by atoms with Gasteiger partial charge >= 0.3 is 0 Å². The molecule has 0 aliphatic carbocycles. The summed E-state index contributed by atoms with van der Waals surface area (Å²) in [4.78, 5) is 42.9. The van der Waals surface area contributed by atoms with Crippen LogP contribution >= 0.6 is 11.8 Å². The lowest BCUT2D eigenvalue weighted by Crippen LogP contribution is -2.45. The van der Waals surface area contributed by atoms with Crippen LogP contribution in [0.2, 0.25) is 0 Å². The molecule has 1 aromatic rings. The van der Waals surface area contributed by atoms with Gasteiger partial charge in [0.2, 0.25) is 11.8 Å². The highest BCUT2D eigenvalue weighted by molar-refractivity contribution is 8.04. The van der Waals surface area contributed by atoms with Crippen molar-refractivity contribution in [1.82, 2.24) is 20.1 Å². The molecule has 0 aromatic heterocycles. The first-order chi connectivity index (χ1) is 16.3. The minimum atomic E-state index is -0.622. The van der Waals surface area contributed by atoms with E-state index in [1.807, 2.05) is 36.6 Å². The Morgan fingerprint density at radius 1 is 1.12 bits per heavy atom. The molecule has 2 saturated heterocycles. The van der Waals surface area contributed by atoms with Crippen LogP contribution in [0.15, 0.2) is 35.0 Å². The molecular weight excluding hydrogens is 456 g/mol. The molecule has 34 heavy (non-hydrogen) atoms. The van der Waals surface area contributed by atoms with E-state index in [9.17, 15) is 14.4 Å². The Morgan fingerprint density at radius 3 is 2.38 bits per heavy atom. The van der Waals surface area contributed by atoms with Crippen molar-refractivity contribution < 1.29 is 14.4 Å². The fourth-order valence-corrected chi connectivity index (χ4v) is 5.00. The number of nitrogens with zero attached hydrogens (tertiary/aromatic N) is 3. The van der Waals surface area contributed by atoms with Gasteiger partial charge in [-0.3, -0.25) is 19.8 Å².